The molecular formula is C15H18N2OS. The smallest absolute Gasteiger partial charge is 0.146 e. The molecule has 0 aliphatic heterocycles. The predicted molar refractivity (Wildman–Crippen MR) is 79.9 cm³/mol. The fraction of sp³-hybridized carbons (Fsp3) is 0.267. The molecule has 1 atom stereocenters. The number of benzene rings is 1. The van der Waals surface area contributed by atoms with E-state index >= 15 is 0 Å². The molecule has 0 amide bonds. The lowest BCUT2D eigenvalue weighted by Gasteiger charge is -2.10. The standard InChI is InChI=1S/C15H18N2OS/c1-11(16)7-12-8-13(10-17-9-12)18-14-5-3-4-6-15(14)19-2/h3-6,8-11H,7,16H2,1-2H3. The Labute approximate surface area is 118 Å². The highest BCUT2D eigenvalue weighted by Crippen LogP contribution is 2.31. The molecule has 3 nitrogen and oxygen atoms in total. The quantitative estimate of drug-likeness (QED) is 0.848. The third kappa shape index (κ3) is 3.98. The van der Waals surface area contributed by atoms with Crippen molar-refractivity contribution in [1.82, 2.24) is 4.98 Å². The van der Waals surface area contributed by atoms with Crippen LogP contribution in [0.25, 0.3) is 0 Å². The molecule has 1 unspecified atom stereocenters. The highest BCUT2D eigenvalue weighted by atomic mass is 32.2. The van der Waals surface area contributed by atoms with Gasteiger partial charge in [0.2, 0.25) is 0 Å². The van der Waals surface area contributed by atoms with Gasteiger partial charge in [-0.2, -0.15) is 0 Å². The summed E-state index contributed by atoms with van der Waals surface area (Å²) in [5.74, 6) is 1.61. The van der Waals surface area contributed by atoms with Gasteiger partial charge in [0.15, 0.2) is 0 Å². The summed E-state index contributed by atoms with van der Waals surface area (Å²) >= 11 is 1.66. The number of thioether (sulfide) groups is 1. The molecule has 0 saturated heterocycles. The molecule has 2 N–H and O–H groups in total. The largest absolute Gasteiger partial charge is 0.455 e. The number of hydrogen-bond acceptors (Lipinski definition) is 4. The lowest BCUT2D eigenvalue weighted by Crippen LogP contribution is -2.17. The van der Waals surface area contributed by atoms with Gasteiger partial charge < -0.3 is 10.5 Å². The number of ether oxygens (including phenoxy) is 1. The first kappa shape index (κ1) is 13.9. The minimum Gasteiger partial charge on any atom is -0.455 e. The lowest BCUT2D eigenvalue weighted by atomic mass is 10.1. The number of nitrogens with two attached hydrogens (primary N) is 1. The van der Waals surface area contributed by atoms with Crippen LogP contribution >= 0.6 is 11.8 Å². The molecule has 1 heterocycles. The Morgan fingerprint density at radius 3 is 2.84 bits per heavy atom. The number of aromatic nitrogens is 1. The van der Waals surface area contributed by atoms with E-state index in [-0.39, 0.29) is 6.04 Å². The molecular weight excluding hydrogens is 256 g/mol. The summed E-state index contributed by atoms with van der Waals surface area (Å²) in [7, 11) is 0. The predicted octanol–water partition coefficient (Wildman–Crippen LogP) is 3.49. The van der Waals surface area contributed by atoms with E-state index < -0.39 is 0 Å². The van der Waals surface area contributed by atoms with Gasteiger partial charge in [0.25, 0.3) is 0 Å². The first-order valence-corrected chi connectivity index (χ1v) is 7.42. The molecule has 1 aromatic carbocycles. The van der Waals surface area contributed by atoms with Crippen molar-refractivity contribution in [3.63, 3.8) is 0 Å². The Bertz CT molecular complexity index is 543. The van der Waals surface area contributed by atoms with Gasteiger partial charge in [0.05, 0.1) is 6.20 Å². The molecule has 19 heavy (non-hydrogen) atoms. The zero-order chi connectivity index (χ0) is 13.7. The molecule has 0 saturated carbocycles. The van der Waals surface area contributed by atoms with Gasteiger partial charge in [-0.05, 0) is 43.4 Å². The van der Waals surface area contributed by atoms with Crippen LogP contribution in [0.3, 0.4) is 0 Å². The van der Waals surface area contributed by atoms with Gasteiger partial charge in [-0.15, -0.1) is 11.8 Å². The summed E-state index contributed by atoms with van der Waals surface area (Å²) < 4.78 is 5.90. The topological polar surface area (TPSA) is 48.1 Å². The number of nitrogens with zero attached hydrogens (tertiary/aromatic N) is 1. The van der Waals surface area contributed by atoms with Crippen molar-refractivity contribution < 1.29 is 4.74 Å². The molecule has 1 aromatic heterocycles. The zero-order valence-corrected chi connectivity index (χ0v) is 12.0. The fourth-order valence-electron chi connectivity index (χ4n) is 1.83. The molecule has 0 radical (unpaired) electrons. The third-order valence-electron chi connectivity index (χ3n) is 2.62. The maximum Gasteiger partial charge on any atom is 0.146 e. The molecule has 100 valence electrons. The van der Waals surface area contributed by atoms with Crippen molar-refractivity contribution in [2.45, 2.75) is 24.3 Å². The summed E-state index contributed by atoms with van der Waals surface area (Å²) in [4.78, 5) is 5.31. The SMILES string of the molecule is CSc1ccccc1Oc1cncc(CC(C)N)c1. The van der Waals surface area contributed by atoms with E-state index in [1.165, 1.54) is 0 Å². The molecule has 2 rings (SSSR count). The number of para-hydroxylation sites is 1. The van der Waals surface area contributed by atoms with Crippen molar-refractivity contribution >= 4 is 11.8 Å². The first-order chi connectivity index (χ1) is 9.19. The summed E-state index contributed by atoms with van der Waals surface area (Å²) in [5.41, 5.74) is 6.89. The Morgan fingerprint density at radius 1 is 1.32 bits per heavy atom. The molecule has 0 fully saturated rings. The summed E-state index contributed by atoms with van der Waals surface area (Å²) in [6.45, 7) is 1.98. The minimum absolute atomic E-state index is 0.121. The zero-order valence-electron chi connectivity index (χ0n) is 11.2. The van der Waals surface area contributed by atoms with Crippen molar-refractivity contribution in [2.75, 3.05) is 6.26 Å². The van der Waals surface area contributed by atoms with Crippen LogP contribution in [0, 0.1) is 0 Å². The van der Waals surface area contributed by atoms with Gasteiger partial charge in [-0.1, -0.05) is 12.1 Å². The summed E-state index contributed by atoms with van der Waals surface area (Å²) in [6, 6.07) is 10.1. The van der Waals surface area contributed by atoms with E-state index in [9.17, 15) is 0 Å². The maximum absolute atomic E-state index is 5.90. The van der Waals surface area contributed by atoms with Gasteiger partial charge in [-0.3, -0.25) is 4.98 Å². The van der Waals surface area contributed by atoms with Crippen LogP contribution < -0.4 is 10.5 Å². The van der Waals surface area contributed by atoms with Crippen LogP contribution in [0.1, 0.15) is 12.5 Å². The second kappa shape index (κ2) is 6.59. The van der Waals surface area contributed by atoms with Crippen LogP contribution in [0.15, 0.2) is 47.6 Å². The number of rotatable bonds is 5. The fourth-order valence-corrected chi connectivity index (χ4v) is 2.36. The lowest BCUT2D eigenvalue weighted by molar-refractivity contribution is 0.468. The minimum atomic E-state index is 0.121. The first-order valence-electron chi connectivity index (χ1n) is 6.19. The van der Waals surface area contributed by atoms with Crippen LogP contribution in [0.5, 0.6) is 11.5 Å². The van der Waals surface area contributed by atoms with Gasteiger partial charge >= 0.3 is 0 Å². The van der Waals surface area contributed by atoms with E-state index in [0.717, 1.165) is 28.4 Å². The van der Waals surface area contributed by atoms with Crippen molar-refractivity contribution in [2.24, 2.45) is 5.73 Å². The summed E-state index contributed by atoms with van der Waals surface area (Å²) in [6.07, 6.45) is 6.39. The van der Waals surface area contributed by atoms with E-state index in [1.807, 2.05) is 49.7 Å². The number of hydrogen-bond donors (Lipinski definition) is 1. The second-order valence-electron chi connectivity index (χ2n) is 4.46. The molecule has 0 bridgehead atoms. The van der Waals surface area contributed by atoms with Crippen LogP contribution in [0.4, 0.5) is 0 Å². The van der Waals surface area contributed by atoms with Crippen molar-refractivity contribution in [3.05, 3.63) is 48.3 Å². The van der Waals surface area contributed by atoms with Gasteiger partial charge in [0, 0.05) is 17.1 Å². The molecule has 2 aromatic rings. The van der Waals surface area contributed by atoms with E-state index in [0.29, 0.717) is 0 Å². The Morgan fingerprint density at radius 2 is 2.11 bits per heavy atom. The molecule has 0 spiro atoms. The normalized spacial score (nSPS) is 12.2. The Balaban J connectivity index is 2.18. The molecule has 4 heteroatoms. The highest BCUT2D eigenvalue weighted by molar-refractivity contribution is 7.98. The molecule has 0 aliphatic rings. The highest BCUT2D eigenvalue weighted by Gasteiger charge is 2.05. The number of pyridine rings is 1. The van der Waals surface area contributed by atoms with Crippen molar-refractivity contribution in [3.8, 4) is 11.5 Å². The second-order valence-corrected chi connectivity index (χ2v) is 5.31. The monoisotopic (exact) mass is 274 g/mol. The van der Waals surface area contributed by atoms with Crippen LogP contribution in [-0.2, 0) is 6.42 Å². The molecule has 0 aliphatic carbocycles. The van der Waals surface area contributed by atoms with E-state index in [2.05, 4.69) is 4.98 Å². The van der Waals surface area contributed by atoms with Gasteiger partial charge in [-0.25, -0.2) is 0 Å². The van der Waals surface area contributed by atoms with Crippen molar-refractivity contribution in [1.29, 1.82) is 0 Å². The Kier molecular flexibility index (Phi) is 4.82. The average Bonchev–Trinajstić information content (AvgIpc) is 2.39. The Hall–Kier alpha value is -1.52. The average molecular weight is 274 g/mol. The van der Waals surface area contributed by atoms with E-state index in [4.69, 9.17) is 10.5 Å². The van der Waals surface area contributed by atoms with Gasteiger partial charge in [0.1, 0.15) is 11.5 Å². The van der Waals surface area contributed by atoms with E-state index in [1.54, 1.807) is 18.0 Å². The third-order valence-corrected chi connectivity index (χ3v) is 3.40. The summed E-state index contributed by atoms with van der Waals surface area (Å²) in [5, 5.41) is 0. The van der Waals surface area contributed by atoms with Crippen LogP contribution in [0.2, 0.25) is 0 Å². The van der Waals surface area contributed by atoms with Crippen LogP contribution in [-0.4, -0.2) is 17.3 Å². The maximum atomic E-state index is 5.90.